The van der Waals surface area contributed by atoms with Crippen LogP contribution in [0.1, 0.15) is 11.1 Å². The zero-order valence-electron chi connectivity index (χ0n) is 15.3. The van der Waals surface area contributed by atoms with Crippen LogP contribution in [0.3, 0.4) is 0 Å². The minimum Gasteiger partial charge on any atom is -0.287 e. The van der Waals surface area contributed by atoms with E-state index in [1.54, 1.807) is 18.2 Å². The Labute approximate surface area is 166 Å². The number of hydrogen-bond acceptors (Lipinski definition) is 3. The summed E-state index contributed by atoms with van der Waals surface area (Å²) in [7, 11) is -4.25. The molecule has 2 amide bonds. The molecule has 3 aromatic rings. The maximum Gasteiger partial charge on any atom is 0.343 e. The Kier molecular flexibility index (Phi) is 4.58. The van der Waals surface area contributed by atoms with Crippen molar-refractivity contribution in [2.75, 3.05) is 9.21 Å². The number of benzene rings is 3. The third kappa shape index (κ3) is 3.25. The number of aryl methyl sites for hydroxylation is 1. The molecule has 0 unspecified atom stereocenters. The molecule has 0 saturated heterocycles. The van der Waals surface area contributed by atoms with E-state index in [9.17, 15) is 22.0 Å². The van der Waals surface area contributed by atoms with Crippen LogP contribution in [-0.2, 0) is 16.6 Å². The number of hydrogen-bond donors (Lipinski definition) is 0. The summed E-state index contributed by atoms with van der Waals surface area (Å²) >= 11 is 0. The lowest BCUT2D eigenvalue weighted by molar-refractivity contribution is 0.253. The molecule has 0 N–H and O–H groups in total. The van der Waals surface area contributed by atoms with Crippen LogP contribution in [0.4, 0.5) is 25.0 Å². The van der Waals surface area contributed by atoms with Crippen molar-refractivity contribution < 1.29 is 22.0 Å². The molecule has 0 bridgehead atoms. The maximum absolute atomic E-state index is 14.1. The highest BCUT2D eigenvalue weighted by atomic mass is 32.2. The Morgan fingerprint density at radius 3 is 2.41 bits per heavy atom. The zero-order valence-corrected chi connectivity index (χ0v) is 16.2. The Hall–Kier alpha value is -3.26. The van der Waals surface area contributed by atoms with Gasteiger partial charge in [-0.25, -0.2) is 22.0 Å². The second kappa shape index (κ2) is 6.97. The van der Waals surface area contributed by atoms with Crippen LogP contribution in [0.2, 0.25) is 0 Å². The molecule has 0 saturated carbocycles. The number of urea groups is 1. The largest absolute Gasteiger partial charge is 0.343 e. The van der Waals surface area contributed by atoms with Crippen molar-refractivity contribution in [2.45, 2.75) is 18.4 Å². The summed E-state index contributed by atoms with van der Waals surface area (Å²) in [5.41, 5.74) is 0.901. The predicted molar refractivity (Wildman–Crippen MR) is 105 cm³/mol. The molecule has 29 heavy (non-hydrogen) atoms. The molecule has 1 aliphatic heterocycles. The van der Waals surface area contributed by atoms with E-state index in [0.29, 0.717) is 15.4 Å². The molecule has 0 spiro atoms. The van der Waals surface area contributed by atoms with Gasteiger partial charge < -0.3 is 0 Å². The minimum atomic E-state index is -4.25. The molecule has 0 aliphatic carbocycles. The third-order valence-electron chi connectivity index (χ3n) is 4.70. The SMILES string of the molecule is Cc1ccc(N2C(=O)N(Cc3cccc(F)c3)c3ccccc3S2(=O)=O)cc1F. The number of carbonyl (C=O) groups excluding carboxylic acids is 1. The molecule has 8 heteroatoms. The number of rotatable bonds is 3. The van der Waals surface area contributed by atoms with Gasteiger partial charge in [-0.3, -0.25) is 4.90 Å². The van der Waals surface area contributed by atoms with Gasteiger partial charge in [0.05, 0.1) is 17.9 Å². The summed E-state index contributed by atoms with van der Waals surface area (Å²) in [6.45, 7) is 1.49. The molecule has 0 aromatic heterocycles. The molecule has 0 atom stereocenters. The van der Waals surface area contributed by atoms with Gasteiger partial charge in [0.2, 0.25) is 0 Å². The van der Waals surface area contributed by atoms with Crippen molar-refractivity contribution in [1.82, 2.24) is 0 Å². The first kappa shape index (κ1) is 19.1. The molecule has 5 nitrogen and oxygen atoms in total. The molecule has 4 rings (SSSR count). The molecule has 1 aliphatic rings. The lowest BCUT2D eigenvalue weighted by atomic mass is 10.2. The fourth-order valence-electron chi connectivity index (χ4n) is 3.24. The highest BCUT2D eigenvalue weighted by molar-refractivity contribution is 7.94. The first-order chi connectivity index (χ1) is 13.8. The average Bonchev–Trinajstić information content (AvgIpc) is 2.68. The quantitative estimate of drug-likeness (QED) is 0.629. The fraction of sp³-hybridized carbons (Fsp3) is 0.0952. The van der Waals surface area contributed by atoms with E-state index in [1.165, 1.54) is 54.3 Å². The van der Waals surface area contributed by atoms with Crippen LogP contribution >= 0.6 is 0 Å². The van der Waals surface area contributed by atoms with E-state index >= 15 is 0 Å². The van der Waals surface area contributed by atoms with Crippen LogP contribution in [0.5, 0.6) is 0 Å². The number of sulfonamides is 1. The van der Waals surface area contributed by atoms with Gasteiger partial charge in [0.1, 0.15) is 16.5 Å². The van der Waals surface area contributed by atoms with Gasteiger partial charge in [0.15, 0.2) is 0 Å². The number of fused-ring (bicyclic) bond motifs is 1. The van der Waals surface area contributed by atoms with Gasteiger partial charge in [-0.1, -0.05) is 30.3 Å². The van der Waals surface area contributed by atoms with Crippen LogP contribution in [-0.4, -0.2) is 14.4 Å². The Bertz CT molecular complexity index is 1230. The first-order valence-electron chi connectivity index (χ1n) is 8.75. The summed E-state index contributed by atoms with van der Waals surface area (Å²) in [5, 5.41) is 0. The second-order valence-electron chi connectivity index (χ2n) is 6.67. The van der Waals surface area contributed by atoms with Crippen LogP contribution in [0.25, 0.3) is 0 Å². The lowest BCUT2D eigenvalue weighted by Crippen LogP contribution is -2.50. The fourth-order valence-corrected chi connectivity index (χ4v) is 4.83. The highest BCUT2D eigenvalue weighted by Crippen LogP contribution is 2.38. The van der Waals surface area contributed by atoms with Crippen LogP contribution in [0, 0.1) is 18.6 Å². The molecule has 0 radical (unpaired) electrons. The normalized spacial score (nSPS) is 15.3. The zero-order chi connectivity index (χ0) is 20.8. The van der Waals surface area contributed by atoms with Crippen molar-refractivity contribution in [1.29, 1.82) is 0 Å². The number of carbonyl (C=O) groups is 1. The third-order valence-corrected chi connectivity index (χ3v) is 6.45. The molecule has 1 heterocycles. The highest BCUT2D eigenvalue weighted by Gasteiger charge is 2.42. The van der Waals surface area contributed by atoms with Gasteiger partial charge in [-0.05, 0) is 54.4 Å². The van der Waals surface area contributed by atoms with Gasteiger partial charge in [0, 0.05) is 0 Å². The summed E-state index contributed by atoms with van der Waals surface area (Å²) in [6.07, 6.45) is 0. The molecule has 0 fully saturated rings. The predicted octanol–water partition coefficient (Wildman–Crippen LogP) is 4.61. The first-order valence-corrected chi connectivity index (χ1v) is 10.2. The Morgan fingerprint density at radius 2 is 1.69 bits per heavy atom. The van der Waals surface area contributed by atoms with E-state index in [-0.39, 0.29) is 22.8 Å². The average molecular weight is 414 g/mol. The second-order valence-corrected chi connectivity index (χ2v) is 8.42. The van der Waals surface area contributed by atoms with Crippen molar-refractivity contribution in [3.8, 4) is 0 Å². The van der Waals surface area contributed by atoms with Crippen LogP contribution < -0.4 is 9.21 Å². The summed E-state index contributed by atoms with van der Waals surface area (Å²) in [4.78, 5) is 14.4. The number of nitrogens with zero attached hydrogens (tertiary/aromatic N) is 2. The number of halogens is 2. The van der Waals surface area contributed by atoms with Gasteiger partial charge in [0.25, 0.3) is 10.0 Å². The number of anilines is 2. The van der Waals surface area contributed by atoms with E-state index in [4.69, 9.17) is 0 Å². The van der Waals surface area contributed by atoms with E-state index in [1.807, 2.05) is 0 Å². The van der Waals surface area contributed by atoms with Crippen molar-refractivity contribution in [2.24, 2.45) is 0 Å². The Morgan fingerprint density at radius 1 is 0.931 bits per heavy atom. The maximum atomic E-state index is 14.1. The monoisotopic (exact) mass is 414 g/mol. The summed E-state index contributed by atoms with van der Waals surface area (Å²) in [5.74, 6) is -1.09. The van der Waals surface area contributed by atoms with Gasteiger partial charge in [-0.2, -0.15) is 4.31 Å². The number of para-hydroxylation sites is 1. The van der Waals surface area contributed by atoms with Gasteiger partial charge in [-0.15, -0.1) is 0 Å². The van der Waals surface area contributed by atoms with Crippen LogP contribution in [0.15, 0.2) is 71.6 Å². The molecule has 148 valence electrons. The standard InChI is InChI=1S/C21H16F2N2O3S/c1-14-9-10-17(12-18(14)23)25-21(26)24(13-15-5-4-6-16(22)11-15)19-7-2-3-8-20(19)29(25,27)28/h2-12H,13H2,1H3. The number of amides is 2. The van der Waals surface area contributed by atoms with E-state index in [0.717, 1.165) is 6.07 Å². The summed E-state index contributed by atoms with van der Waals surface area (Å²) < 4.78 is 54.6. The smallest absolute Gasteiger partial charge is 0.287 e. The lowest BCUT2D eigenvalue weighted by Gasteiger charge is -2.36. The Balaban J connectivity index is 1.88. The van der Waals surface area contributed by atoms with E-state index in [2.05, 4.69) is 0 Å². The van der Waals surface area contributed by atoms with Crippen molar-refractivity contribution in [3.05, 3.63) is 89.5 Å². The molecular formula is C21H16F2N2O3S. The van der Waals surface area contributed by atoms with Crippen molar-refractivity contribution >= 4 is 27.4 Å². The minimum absolute atomic E-state index is 0.0476. The topological polar surface area (TPSA) is 57.7 Å². The summed E-state index contributed by atoms with van der Waals surface area (Å²) in [6, 6.07) is 14.7. The molecular weight excluding hydrogens is 398 g/mol. The molecule has 3 aromatic carbocycles. The van der Waals surface area contributed by atoms with Gasteiger partial charge >= 0.3 is 6.03 Å². The van der Waals surface area contributed by atoms with E-state index < -0.39 is 27.7 Å². The van der Waals surface area contributed by atoms with Crippen molar-refractivity contribution in [3.63, 3.8) is 0 Å².